The third kappa shape index (κ3) is 4.82. The van der Waals surface area contributed by atoms with Gasteiger partial charge in [-0.15, -0.1) is 0 Å². The molecule has 6 heteroatoms. The molecule has 1 aliphatic heterocycles. The standard InChI is InChI=1S/C22H26N2O4/c1-3-28-18-10-7-16(8-11-18)14-21(25)23-17-9-12-20(27-2)19(15-17)24-13-5-4-6-22(24)26/h7-12,15H,3-6,13-14H2,1-2H3,(H,23,25). The van der Waals surface area contributed by atoms with Crippen LogP contribution in [0.2, 0.25) is 0 Å². The van der Waals surface area contributed by atoms with Gasteiger partial charge in [0.15, 0.2) is 0 Å². The third-order valence-electron chi connectivity index (χ3n) is 4.68. The molecule has 0 unspecified atom stereocenters. The topological polar surface area (TPSA) is 67.9 Å². The average molecular weight is 382 g/mol. The largest absolute Gasteiger partial charge is 0.495 e. The molecule has 6 nitrogen and oxygen atoms in total. The van der Waals surface area contributed by atoms with Gasteiger partial charge < -0.3 is 19.7 Å². The number of carbonyl (C=O) groups is 2. The van der Waals surface area contributed by atoms with Gasteiger partial charge in [-0.3, -0.25) is 9.59 Å². The van der Waals surface area contributed by atoms with Crippen LogP contribution in [0, 0.1) is 0 Å². The van der Waals surface area contributed by atoms with Crippen LogP contribution in [0.5, 0.6) is 11.5 Å². The lowest BCUT2D eigenvalue weighted by atomic mass is 10.1. The van der Waals surface area contributed by atoms with Crippen molar-refractivity contribution >= 4 is 23.2 Å². The van der Waals surface area contributed by atoms with Crippen molar-refractivity contribution in [3.63, 3.8) is 0 Å². The molecule has 148 valence electrons. The van der Waals surface area contributed by atoms with Crippen LogP contribution in [0.4, 0.5) is 11.4 Å². The van der Waals surface area contributed by atoms with Gasteiger partial charge in [0.2, 0.25) is 11.8 Å². The Kier molecular flexibility index (Phi) is 6.53. The van der Waals surface area contributed by atoms with Gasteiger partial charge in [0.1, 0.15) is 11.5 Å². The van der Waals surface area contributed by atoms with E-state index in [9.17, 15) is 9.59 Å². The summed E-state index contributed by atoms with van der Waals surface area (Å²) >= 11 is 0. The molecule has 2 amide bonds. The summed E-state index contributed by atoms with van der Waals surface area (Å²) in [6, 6.07) is 12.9. The van der Waals surface area contributed by atoms with E-state index in [4.69, 9.17) is 9.47 Å². The van der Waals surface area contributed by atoms with Gasteiger partial charge in [-0.1, -0.05) is 12.1 Å². The average Bonchev–Trinajstić information content (AvgIpc) is 2.70. The maximum atomic E-state index is 12.4. The molecule has 0 radical (unpaired) electrons. The van der Waals surface area contributed by atoms with Crippen molar-refractivity contribution in [1.29, 1.82) is 0 Å². The summed E-state index contributed by atoms with van der Waals surface area (Å²) in [6.07, 6.45) is 2.67. The fourth-order valence-electron chi connectivity index (χ4n) is 3.30. The van der Waals surface area contributed by atoms with Crippen LogP contribution >= 0.6 is 0 Å². The minimum Gasteiger partial charge on any atom is -0.495 e. The zero-order valence-electron chi connectivity index (χ0n) is 16.4. The van der Waals surface area contributed by atoms with Crippen molar-refractivity contribution in [2.24, 2.45) is 0 Å². The van der Waals surface area contributed by atoms with Crippen molar-refractivity contribution in [3.8, 4) is 11.5 Å². The molecule has 2 aromatic carbocycles. The molecule has 0 aromatic heterocycles. The number of carbonyl (C=O) groups excluding carboxylic acids is 2. The molecule has 1 N–H and O–H groups in total. The number of rotatable bonds is 7. The number of ether oxygens (including phenoxy) is 2. The number of amides is 2. The molecule has 1 heterocycles. The number of hydrogen-bond donors (Lipinski definition) is 1. The Morgan fingerprint density at radius 2 is 1.93 bits per heavy atom. The Morgan fingerprint density at radius 3 is 2.61 bits per heavy atom. The van der Waals surface area contributed by atoms with Crippen LogP contribution in [0.3, 0.4) is 0 Å². The first kappa shape index (κ1) is 19.7. The summed E-state index contributed by atoms with van der Waals surface area (Å²) in [4.78, 5) is 26.5. The summed E-state index contributed by atoms with van der Waals surface area (Å²) in [5, 5.41) is 2.91. The van der Waals surface area contributed by atoms with E-state index in [0.29, 0.717) is 36.7 Å². The summed E-state index contributed by atoms with van der Waals surface area (Å²) in [5.41, 5.74) is 2.25. The molecule has 1 fully saturated rings. The maximum absolute atomic E-state index is 12.4. The highest BCUT2D eigenvalue weighted by Crippen LogP contribution is 2.33. The van der Waals surface area contributed by atoms with Crippen LogP contribution in [0.15, 0.2) is 42.5 Å². The van der Waals surface area contributed by atoms with Crippen LogP contribution in [0.25, 0.3) is 0 Å². The smallest absolute Gasteiger partial charge is 0.228 e. The molecule has 0 bridgehead atoms. The first-order valence-electron chi connectivity index (χ1n) is 9.60. The van der Waals surface area contributed by atoms with Gasteiger partial charge in [-0.2, -0.15) is 0 Å². The Balaban J connectivity index is 1.70. The fraction of sp³-hybridized carbons (Fsp3) is 0.364. The second-order valence-electron chi connectivity index (χ2n) is 6.69. The maximum Gasteiger partial charge on any atom is 0.228 e. The Labute approximate surface area is 165 Å². The zero-order chi connectivity index (χ0) is 19.9. The molecule has 3 rings (SSSR count). The fourth-order valence-corrected chi connectivity index (χ4v) is 3.30. The molecule has 0 saturated carbocycles. The Hall–Kier alpha value is -3.02. The summed E-state index contributed by atoms with van der Waals surface area (Å²) in [6.45, 7) is 3.21. The van der Waals surface area contributed by atoms with Crippen LogP contribution in [-0.2, 0) is 16.0 Å². The van der Waals surface area contributed by atoms with Crippen molar-refractivity contribution in [3.05, 3.63) is 48.0 Å². The second-order valence-corrected chi connectivity index (χ2v) is 6.69. The van der Waals surface area contributed by atoms with Crippen LogP contribution < -0.4 is 19.7 Å². The van der Waals surface area contributed by atoms with E-state index in [2.05, 4.69) is 5.32 Å². The zero-order valence-corrected chi connectivity index (χ0v) is 16.4. The number of anilines is 2. The lowest BCUT2D eigenvalue weighted by molar-refractivity contribution is -0.119. The third-order valence-corrected chi connectivity index (χ3v) is 4.68. The lowest BCUT2D eigenvalue weighted by Gasteiger charge is -2.28. The molecule has 0 spiro atoms. The first-order valence-corrected chi connectivity index (χ1v) is 9.60. The number of methoxy groups -OCH3 is 1. The van der Waals surface area contributed by atoms with Gasteiger partial charge in [-0.05, 0) is 55.7 Å². The molecule has 0 aliphatic carbocycles. The molecule has 0 atom stereocenters. The predicted molar refractivity (Wildman–Crippen MR) is 109 cm³/mol. The SMILES string of the molecule is CCOc1ccc(CC(=O)Nc2ccc(OC)c(N3CCCCC3=O)c2)cc1. The van der Waals surface area contributed by atoms with Gasteiger partial charge in [0.25, 0.3) is 0 Å². The lowest BCUT2D eigenvalue weighted by Crippen LogP contribution is -2.35. The second kappa shape index (κ2) is 9.26. The quantitative estimate of drug-likeness (QED) is 0.791. The highest BCUT2D eigenvalue weighted by Gasteiger charge is 2.23. The van der Waals surface area contributed by atoms with Gasteiger partial charge in [-0.25, -0.2) is 0 Å². The van der Waals surface area contributed by atoms with Crippen LogP contribution in [0.1, 0.15) is 31.7 Å². The van der Waals surface area contributed by atoms with E-state index in [1.807, 2.05) is 31.2 Å². The molecule has 1 saturated heterocycles. The number of nitrogens with one attached hydrogen (secondary N) is 1. The van der Waals surface area contributed by atoms with Gasteiger partial charge >= 0.3 is 0 Å². The van der Waals surface area contributed by atoms with Crippen molar-refractivity contribution in [2.45, 2.75) is 32.6 Å². The molecule has 28 heavy (non-hydrogen) atoms. The Morgan fingerprint density at radius 1 is 1.14 bits per heavy atom. The molecule has 2 aromatic rings. The van der Waals surface area contributed by atoms with E-state index in [1.165, 1.54) is 0 Å². The summed E-state index contributed by atoms with van der Waals surface area (Å²) < 4.78 is 10.8. The summed E-state index contributed by atoms with van der Waals surface area (Å²) in [7, 11) is 1.58. The molecule has 1 aliphatic rings. The Bertz CT molecular complexity index is 833. The first-order chi connectivity index (χ1) is 13.6. The van der Waals surface area contributed by atoms with E-state index < -0.39 is 0 Å². The molecular formula is C22H26N2O4. The van der Waals surface area contributed by atoms with E-state index in [-0.39, 0.29) is 18.2 Å². The normalized spacial score (nSPS) is 13.9. The minimum absolute atomic E-state index is 0.0856. The number of piperidine rings is 1. The van der Waals surface area contributed by atoms with E-state index >= 15 is 0 Å². The number of nitrogens with zero attached hydrogens (tertiary/aromatic N) is 1. The number of benzene rings is 2. The highest BCUT2D eigenvalue weighted by atomic mass is 16.5. The number of hydrogen-bond acceptors (Lipinski definition) is 4. The van der Waals surface area contributed by atoms with Crippen LogP contribution in [-0.4, -0.2) is 32.1 Å². The monoisotopic (exact) mass is 382 g/mol. The van der Waals surface area contributed by atoms with Gasteiger partial charge in [0.05, 0.1) is 25.8 Å². The molecular weight excluding hydrogens is 356 g/mol. The van der Waals surface area contributed by atoms with E-state index in [0.717, 1.165) is 24.2 Å². The highest BCUT2D eigenvalue weighted by molar-refractivity contribution is 5.98. The minimum atomic E-state index is -0.120. The predicted octanol–water partition coefficient (Wildman–Crippen LogP) is 3.79. The van der Waals surface area contributed by atoms with E-state index in [1.54, 1.807) is 30.2 Å². The van der Waals surface area contributed by atoms with Crippen molar-refractivity contribution < 1.29 is 19.1 Å². The summed E-state index contributed by atoms with van der Waals surface area (Å²) in [5.74, 6) is 1.38. The van der Waals surface area contributed by atoms with Gasteiger partial charge in [0, 0.05) is 18.7 Å². The van der Waals surface area contributed by atoms with Crippen molar-refractivity contribution in [2.75, 3.05) is 30.5 Å². The van der Waals surface area contributed by atoms with Crippen molar-refractivity contribution in [1.82, 2.24) is 0 Å².